The number of aliphatic imine (C=N–C) groups is 1. The maximum Gasteiger partial charge on any atom is 0.191 e. The highest BCUT2D eigenvalue weighted by Crippen LogP contribution is 2.24. The van der Waals surface area contributed by atoms with Gasteiger partial charge >= 0.3 is 0 Å². The van der Waals surface area contributed by atoms with Crippen LogP contribution in [0.3, 0.4) is 0 Å². The zero-order valence-electron chi connectivity index (χ0n) is 18.7. The average Bonchev–Trinajstić information content (AvgIpc) is 2.77. The van der Waals surface area contributed by atoms with Gasteiger partial charge in [-0.1, -0.05) is 25.5 Å². The zero-order valence-corrected chi connectivity index (χ0v) is 21.0. The van der Waals surface area contributed by atoms with Gasteiger partial charge in [-0.2, -0.15) is 0 Å². The third-order valence-corrected chi connectivity index (χ3v) is 4.93. The van der Waals surface area contributed by atoms with Gasteiger partial charge in [0.15, 0.2) is 5.96 Å². The summed E-state index contributed by atoms with van der Waals surface area (Å²) >= 11 is 0. The molecule has 2 rings (SSSR count). The van der Waals surface area contributed by atoms with E-state index in [1.165, 1.54) is 5.56 Å². The van der Waals surface area contributed by atoms with Crippen LogP contribution in [0.15, 0.2) is 29.3 Å². The molecule has 1 fully saturated rings. The molecule has 30 heavy (non-hydrogen) atoms. The van der Waals surface area contributed by atoms with Gasteiger partial charge in [-0.05, 0) is 31.0 Å². The van der Waals surface area contributed by atoms with Gasteiger partial charge in [-0.25, -0.2) is 0 Å². The van der Waals surface area contributed by atoms with Crippen LogP contribution in [-0.4, -0.2) is 77.1 Å². The molecule has 0 aliphatic carbocycles. The first-order valence-electron chi connectivity index (χ1n) is 10.8. The van der Waals surface area contributed by atoms with Crippen molar-refractivity contribution in [2.24, 2.45) is 4.99 Å². The summed E-state index contributed by atoms with van der Waals surface area (Å²) in [5, 5.41) is 6.71. The summed E-state index contributed by atoms with van der Waals surface area (Å²) < 4.78 is 16.5. The van der Waals surface area contributed by atoms with E-state index in [1.54, 1.807) is 7.11 Å². The second-order valence-corrected chi connectivity index (χ2v) is 7.05. The second kappa shape index (κ2) is 16.6. The number of benzene rings is 1. The molecule has 0 bridgehead atoms. The Bertz CT molecular complexity index is 580. The Labute approximate surface area is 199 Å². The van der Waals surface area contributed by atoms with E-state index in [1.807, 2.05) is 12.1 Å². The van der Waals surface area contributed by atoms with Crippen LogP contribution in [0.25, 0.3) is 0 Å². The molecule has 2 N–H and O–H groups in total. The summed E-state index contributed by atoms with van der Waals surface area (Å²) in [5.74, 6) is 1.70. The Morgan fingerprint density at radius 2 is 1.87 bits per heavy atom. The van der Waals surface area contributed by atoms with Crippen LogP contribution in [0.4, 0.5) is 0 Å². The maximum atomic E-state index is 5.64. The van der Waals surface area contributed by atoms with Crippen LogP contribution in [0.1, 0.15) is 38.3 Å². The number of hydrogen-bond acceptors (Lipinski definition) is 5. The van der Waals surface area contributed by atoms with Gasteiger partial charge in [0.05, 0.1) is 39.5 Å². The first kappa shape index (κ1) is 26.9. The summed E-state index contributed by atoms with van der Waals surface area (Å²) in [6.07, 6.45) is 2.27. The van der Waals surface area contributed by atoms with Crippen LogP contribution in [0.5, 0.6) is 5.75 Å². The molecular formula is C22H39IN4O3. The highest BCUT2D eigenvalue weighted by atomic mass is 127. The quantitative estimate of drug-likeness (QED) is 0.186. The number of morpholine rings is 1. The Morgan fingerprint density at radius 1 is 1.13 bits per heavy atom. The van der Waals surface area contributed by atoms with Crippen LogP contribution in [0.2, 0.25) is 0 Å². The van der Waals surface area contributed by atoms with Crippen molar-refractivity contribution < 1.29 is 14.2 Å². The number of rotatable bonds is 12. The molecule has 7 nitrogen and oxygen atoms in total. The lowest BCUT2D eigenvalue weighted by atomic mass is 10.0. The molecule has 1 heterocycles. The van der Waals surface area contributed by atoms with Crippen molar-refractivity contribution in [3.8, 4) is 5.75 Å². The standard InChI is InChI=1S/C22H38N4O3.HI/c1-4-6-14-28-15-11-24-22(23-5-2)25-18-21(26-12-16-29-17-13-26)19-7-9-20(27-3)10-8-19;/h7-10,21H,4-6,11-18H2,1-3H3,(H2,23,24,25);1H. The van der Waals surface area contributed by atoms with E-state index in [9.17, 15) is 0 Å². The lowest BCUT2D eigenvalue weighted by Crippen LogP contribution is -2.42. The number of halogens is 1. The van der Waals surface area contributed by atoms with Crippen LogP contribution < -0.4 is 15.4 Å². The van der Waals surface area contributed by atoms with E-state index in [-0.39, 0.29) is 30.0 Å². The highest BCUT2D eigenvalue weighted by molar-refractivity contribution is 14.0. The fourth-order valence-corrected chi connectivity index (χ4v) is 3.26. The van der Waals surface area contributed by atoms with Crippen LogP contribution >= 0.6 is 24.0 Å². The zero-order chi connectivity index (χ0) is 20.7. The largest absolute Gasteiger partial charge is 0.497 e. The van der Waals surface area contributed by atoms with Crippen LogP contribution in [-0.2, 0) is 9.47 Å². The normalized spacial score (nSPS) is 15.9. The monoisotopic (exact) mass is 534 g/mol. The predicted molar refractivity (Wildman–Crippen MR) is 133 cm³/mol. The molecule has 8 heteroatoms. The molecule has 0 saturated carbocycles. The van der Waals surface area contributed by atoms with Gasteiger partial charge < -0.3 is 24.8 Å². The summed E-state index contributed by atoms with van der Waals surface area (Å²) in [6.45, 7) is 11.4. The molecular weight excluding hydrogens is 495 g/mol. The van der Waals surface area contributed by atoms with Gasteiger partial charge in [-0.3, -0.25) is 9.89 Å². The molecule has 0 radical (unpaired) electrons. The van der Waals surface area contributed by atoms with E-state index in [0.717, 1.165) is 70.6 Å². The number of nitrogens with one attached hydrogen (secondary N) is 2. The smallest absolute Gasteiger partial charge is 0.191 e. The van der Waals surface area contributed by atoms with Crippen molar-refractivity contribution in [1.29, 1.82) is 0 Å². The lowest BCUT2D eigenvalue weighted by Gasteiger charge is -2.34. The second-order valence-electron chi connectivity index (χ2n) is 7.05. The maximum absolute atomic E-state index is 5.64. The van der Waals surface area contributed by atoms with Crippen molar-refractivity contribution in [2.45, 2.75) is 32.7 Å². The molecule has 1 aliphatic rings. The molecule has 1 saturated heterocycles. The van der Waals surface area contributed by atoms with E-state index in [2.05, 4.69) is 41.5 Å². The summed E-state index contributed by atoms with van der Waals surface area (Å²) in [4.78, 5) is 7.32. The van der Waals surface area contributed by atoms with Gasteiger partial charge in [0, 0.05) is 32.8 Å². The van der Waals surface area contributed by atoms with Gasteiger partial charge in [0.25, 0.3) is 0 Å². The fourth-order valence-electron chi connectivity index (χ4n) is 3.26. The van der Waals surface area contributed by atoms with Crippen molar-refractivity contribution in [3.63, 3.8) is 0 Å². The minimum atomic E-state index is 0. The molecule has 0 amide bonds. The molecule has 1 atom stereocenters. The Hall–Kier alpha value is -1.10. The fraction of sp³-hybridized carbons (Fsp3) is 0.682. The number of ether oxygens (including phenoxy) is 3. The minimum Gasteiger partial charge on any atom is -0.497 e. The van der Waals surface area contributed by atoms with E-state index in [4.69, 9.17) is 19.2 Å². The lowest BCUT2D eigenvalue weighted by molar-refractivity contribution is 0.0179. The van der Waals surface area contributed by atoms with Crippen molar-refractivity contribution >= 4 is 29.9 Å². The number of unbranched alkanes of at least 4 members (excludes halogenated alkanes) is 1. The first-order chi connectivity index (χ1) is 14.3. The molecule has 1 aliphatic heterocycles. The predicted octanol–water partition coefficient (Wildman–Crippen LogP) is 3.06. The van der Waals surface area contributed by atoms with E-state index >= 15 is 0 Å². The van der Waals surface area contributed by atoms with Crippen LogP contribution in [0, 0.1) is 0 Å². The first-order valence-corrected chi connectivity index (χ1v) is 10.8. The number of methoxy groups -OCH3 is 1. The van der Waals surface area contributed by atoms with Crippen molar-refractivity contribution in [1.82, 2.24) is 15.5 Å². The Kier molecular flexibility index (Phi) is 14.9. The Balaban J connectivity index is 0.00000450. The Morgan fingerprint density at radius 3 is 2.50 bits per heavy atom. The number of hydrogen-bond donors (Lipinski definition) is 2. The summed E-state index contributed by atoms with van der Waals surface area (Å²) in [7, 11) is 1.69. The van der Waals surface area contributed by atoms with E-state index in [0.29, 0.717) is 13.2 Å². The molecule has 1 unspecified atom stereocenters. The topological polar surface area (TPSA) is 67.3 Å². The third kappa shape index (κ3) is 9.80. The number of nitrogens with zero attached hydrogens (tertiary/aromatic N) is 2. The highest BCUT2D eigenvalue weighted by Gasteiger charge is 2.22. The van der Waals surface area contributed by atoms with E-state index < -0.39 is 0 Å². The number of guanidine groups is 1. The SMILES string of the molecule is CCCCOCCNC(=NCC(c1ccc(OC)cc1)N1CCOCC1)NCC.I. The van der Waals surface area contributed by atoms with Crippen molar-refractivity contribution in [2.75, 3.05) is 66.3 Å². The van der Waals surface area contributed by atoms with Gasteiger partial charge in [0.2, 0.25) is 0 Å². The molecule has 172 valence electrons. The van der Waals surface area contributed by atoms with Crippen molar-refractivity contribution in [3.05, 3.63) is 29.8 Å². The molecule has 1 aromatic rings. The molecule has 0 aromatic heterocycles. The summed E-state index contributed by atoms with van der Waals surface area (Å²) in [6, 6.07) is 8.51. The third-order valence-electron chi connectivity index (χ3n) is 4.93. The molecule has 1 aromatic carbocycles. The molecule has 0 spiro atoms. The average molecular weight is 534 g/mol. The summed E-state index contributed by atoms with van der Waals surface area (Å²) in [5.41, 5.74) is 1.25. The van der Waals surface area contributed by atoms with Gasteiger partial charge in [-0.15, -0.1) is 24.0 Å². The van der Waals surface area contributed by atoms with Gasteiger partial charge in [0.1, 0.15) is 5.75 Å². The minimum absolute atomic E-state index is 0.